The summed E-state index contributed by atoms with van der Waals surface area (Å²) in [6, 6.07) is 7.23. The highest BCUT2D eigenvalue weighted by Crippen LogP contribution is 2.32. The van der Waals surface area contributed by atoms with Crippen LogP contribution < -0.4 is 11.1 Å². The van der Waals surface area contributed by atoms with E-state index < -0.39 is 12.1 Å². The van der Waals surface area contributed by atoms with Crippen LogP contribution in [0, 0.1) is 11.3 Å². The Bertz CT molecular complexity index is 1190. The van der Waals surface area contributed by atoms with E-state index in [2.05, 4.69) is 44.9 Å². The highest BCUT2D eigenvalue weighted by molar-refractivity contribution is 7.09. The molecule has 3 atom stereocenters. The van der Waals surface area contributed by atoms with Crippen molar-refractivity contribution in [3.63, 3.8) is 0 Å². The predicted molar refractivity (Wildman–Crippen MR) is 182 cm³/mol. The van der Waals surface area contributed by atoms with Gasteiger partial charge in [0, 0.05) is 36.9 Å². The number of unbranched alkanes of at least 4 members (excludes halogenated alkanes) is 3. The van der Waals surface area contributed by atoms with Gasteiger partial charge in [0.25, 0.3) is 5.91 Å². The lowest BCUT2D eigenvalue weighted by Gasteiger charge is -2.35. The maximum Gasteiger partial charge on any atom is 0.303 e. The van der Waals surface area contributed by atoms with Crippen LogP contribution in [0.15, 0.2) is 29.6 Å². The number of carbonyl (C=O) groups is 3. The van der Waals surface area contributed by atoms with E-state index in [0.29, 0.717) is 36.6 Å². The number of rotatable bonds is 19. The summed E-state index contributed by atoms with van der Waals surface area (Å²) < 4.78 is 5.77. The molecule has 45 heavy (non-hydrogen) atoms. The van der Waals surface area contributed by atoms with Crippen LogP contribution in [-0.4, -0.2) is 46.5 Å². The lowest BCUT2D eigenvalue weighted by molar-refractivity contribution is -0.210. The second kappa shape index (κ2) is 18.9. The number of ether oxygens (including phenoxy) is 1. The SMILES string of the molecule is CCCCCON(C(=O)CCCC)C(CC(OC(C)=O)c1nc(C(=O)NC(Cc2ccc(N)cc2)CC(C)(C)C)cs1)C(C)C. The van der Waals surface area contributed by atoms with Gasteiger partial charge in [0.2, 0.25) is 5.91 Å². The number of benzene rings is 1. The van der Waals surface area contributed by atoms with Gasteiger partial charge < -0.3 is 15.8 Å². The fourth-order valence-electron chi connectivity index (χ4n) is 5.21. The van der Waals surface area contributed by atoms with Crippen molar-refractivity contribution in [2.75, 3.05) is 12.3 Å². The first-order chi connectivity index (χ1) is 21.2. The Morgan fingerprint density at radius 1 is 1.04 bits per heavy atom. The molecular formula is C35H56N4O5S. The molecule has 0 aliphatic rings. The predicted octanol–water partition coefficient (Wildman–Crippen LogP) is 7.66. The number of thiazole rings is 1. The van der Waals surface area contributed by atoms with Crippen LogP contribution in [0.2, 0.25) is 0 Å². The summed E-state index contributed by atoms with van der Waals surface area (Å²) in [5.74, 6) is -0.780. The molecule has 2 amide bonds. The maximum atomic E-state index is 13.5. The molecule has 1 aromatic carbocycles. The number of nitrogens with one attached hydrogen (secondary N) is 1. The number of anilines is 1. The third-order valence-corrected chi connectivity index (χ3v) is 8.43. The van der Waals surface area contributed by atoms with E-state index in [4.69, 9.17) is 15.3 Å². The Hall–Kier alpha value is -2.98. The number of hydrogen-bond acceptors (Lipinski definition) is 8. The standard InChI is InChI=1S/C35H56N4O5S/c1-9-11-13-19-43-39(32(41)14-12-10-2)30(24(3)4)21-31(44-25(5)40)34-38-29(23-45-34)33(42)37-28(22-35(6,7)8)20-26-15-17-27(36)18-16-26/h15-18,23-24,28,30-31H,9-14,19-22,36H2,1-8H3,(H,37,42). The summed E-state index contributed by atoms with van der Waals surface area (Å²) >= 11 is 1.28. The molecular weight excluding hydrogens is 588 g/mol. The summed E-state index contributed by atoms with van der Waals surface area (Å²) in [5, 5.41) is 6.92. The molecule has 10 heteroatoms. The third-order valence-electron chi connectivity index (χ3n) is 7.49. The van der Waals surface area contributed by atoms with Crippen LogP contribution in [-0.2, 0) is 25.6 Å². The number of nitrogen functional groups attached to an aromatic ring is 1. The number of nitrogens with two attached hydrogens (primary N) is 1. The highest BCUT2D eigenvalue weighted by atomic mass is 32.1. The molecule has 0 fully saturated rings. The van der Waals surface area contributed by atoms with Crippen molar-refractivity contribution in [2.24, 2.45) is 11.3 Å². The second-order valence-corrected chi connectivity index (χ2v) is 14.4. The second-order valence-electron chi connectivity index (χ2n) is 13.5. The van der Waals surface area contributed by atoms with Gasteiger partial charge in [-0.2, -0.15) is 0 Å². The van der Waals surface area contributed by atoms with Gasteiger partial charge in [-0.3, -0.25) is 19.2 Å². The van der Waals surface area contributed by atoms with Crippen molar-refractivity contribution in [2.45, 2.75) is 131 Å². The fraction of sp³-hybridized carbons (Fsp3) is 0.657. The summed E-state index contributed by atoms with van der Waals surface area (Å²) in [5.41, 5.74) is 7.92. The largest absolute Gasteiger partial charge is 0.455 e. The van der Waals surface area contributed by atoms with Gasteiger partial charge in [-0.05, 0) is 54.7 Å². The zero-order valence-corrected chi connectivity index (χ0v) is 29.5. The van der Waals surface area contributed by atoms with Gasteiger partial charge in [0.15, 0.2) is 6.10 Å². The first-order valence-corrected chi connectivity index (χ1v) is 17.3. The number of hydrogen-bond donors (Lipinski definition) is 2. The monoisotopic (exact) mass is 644 g/mol. The Morgan fingerprint density at radius 3 is 2.29 bits per heavy atom. The van der Waals surface area contributed by atoms with Gasteiger partial charge in [-0.25, -0.2) is 10.0 Å². The molecule has 0 aliphatic heterocycles. The molecule has 1 aromatic heterocycles. The smallest absolute Gasteiger partial charge is 0.303 e. The van der Waals surface area contributed by atoms with Gasteiger partial charge in [0.1, 0.15) is 10.7 Å². The van der Waals surface area contributed by atoms with Crippen molar-refractivity contribution in [1.82, 2.24) is 15.4 Å². The molecule has 0 saturated heterocycles. The van der Waals surface area contributed by atoms with Crippen molar-refractivity contribution in [3.05, 3.63) is 45.9 Å². The quantitative estimate of drug-likeness (QED) is 0.0696. The molecule has 0 saturated carbocycles. The Kier molecular flexibility index (Phi) is 16.0. The summed E-state index contributed by atoms with van der Waals surface area (Å²) in [6.45, 7) is 16.5. The Labute approximate surface area is 274 Å². The number of esters is 1. The molecule has 3 N–H and O–H groups in total. The summed E-state index contributed by atoms with van der Waals surface area (Å²) in [6.07, 6.45) is 5.98. The summed E-state index contributed by atoms with van der Waals surface area (Å²) in [7, 11) is 0. The van der Waals surface area contributed by atoms with Gasteiger partial charge in [-0.15, -0.1) is 11.3 Å². The van der Waals surface area contributed by atoms with Crippen LogP contribution in [0.4, 0.5) is 5.69 Å². The van der Waals surface area contributed by atoms with E-state index in [-0.39, 0.29) is 40.9 Å². The molecule has 0 radical (unpaired) electrons. The molecule has 9 nitrogen and oxygen atoms in total. The Balaban J connectivity index is 2.29. The van der Waals surface area contributed by atoms with Crippen LogP contribution >= 0.6 is 11.3 Å². The van der Waals surface area contributed by atoms with Gasteiger partial charge in [-0.1, -0.05) is 79.9 Å². The van der Waals surface area contributed by atoms with Crippen molar-refractivity contribution >= 4 is 34.8 Å². The van der Waals surface area contributed by atoms with E-state index in [0.717, 1.165) is 44.1 Å². The normalized spacial score (nSPS) is 13.7. The molecule has 2 rings (SSSR count). The van der Waals surface area contributed by atoms with Crippen molar-refractivity contribution < 1.29 is 24.0 Å². The van der Waals surface area contributed by atoms with Crippen LogP contribution in [0.5, 0.6) is 0 Å². The molecule has 1 heterocycles. The number of amides is 2. The van der Waals surface area contributed by atoms with E-state index in [1.54, 1.807) is 5.38 Å². The minimum Gasteiger partial charge on any atom is -0.455 e. The zero-order chi connectivity index (χ0) is 33.6. The van der Waals surface area contributed by atoms with Gasteiger partial charge in [0.05, 0.1) is 12.6 Å². The van der Waals surface area contributed by atoms with E-state index in [1.807, 2.05) is 38.1 Å². The van der Waals surface area contributed by atoms with Crippen molar-refractivity contribution in [1.29, 1.82) is 0 Å². The molecule has 0 aliphatic carbocycles. The minimum absolute atomic E-state index is 0.00960. The molecule has 252 valence electrons. The average molecular weight is 645 g/mol. The molecule has 2 aromatic rings. The first-order valence-electron chi connectivity index (χ1n) is 16.5. The fourth-order valence-corrected chi connectivity index (χ4v) is 6.05. The number of carbonyl (C=O) groups excluding carboxylic acids is 3. The van der Waals surface area contributed by atoms with E-state index in [1.165, 1.54) is 23.3 Å². The minimum atomic E-state index is -0.734. The molecule has 0 bridgehead atoms. The Morgan fingerprint density at radius 2 is 1.71 bits per heavy atom. The zero-order valence-electron chi connectivity index (χ0n) is 28.7. The lowest BCUT2D eigenvalue weighted by atomic mass is 9.85. The maximum absolute atomic E-state index is 13.5. The van der Waals surface area contributed by atoms with Gasteiger partial charge >= 0.3 is 5.97 Å². The number of hydroxylamine groups is 2. The van der Waals surface area contributed by atoms with Crippen LogP contribution in [0.3, 0.4) is 0 Å². The van der Waals surface area contributed by atoms with Crippen LogP contribution in [0.1, 0.15) is 134 Å². The topological polar surface area (TPSA) is 124 Å². The molecule has 0 spiro atoms. The number of nitrogens with zero attached hydrogens (tertiary/aromatic N) is 2. The van der Waals surface area contributed by atoms with E-state index >= 15 is 0 Å². The first kappa shape index (κ1) is 38.2. The highest BCUT2D eigenvalue weighted by Gasteiger charge is 2.33. The summed E-state index contributed by atoms with van der Waals surface area (Å²) in [4.78, 5) is 49.8. The average Bonchev–Trinajstić information content (AvgIpc) is 3.45. The number of aromatic nitrogens is 1. The molecule has 3 unspecified atom stereocenters. The van der Waals surface area contributed by atoms with E-state index in [9.17, 15) is 14.4 Å². The van der Waals surface area contributed by atoms with Crippen molar-refractivity contribution in [3.8, 4) is 0 Å². The van der Waals surface area contributed by atoms with Crippen LogP contribution in [0.25, 0.3) is 0 Å². The third kappa shape index (κ3) is 13.9. The lowest BCUT2D eigenvalue weighted by Crippen LogP contribution is -2.44.